The van der Waals surface area contributed by atoms with Gasteiger partial charge < -0.3 is 10.2 Å². The smallest absolute Gasteiger partial charge is 0.318 e. The summed E-state index contributed by atoms with van der Waals surface area (Å²) in [6.45, 7) is 4.48. The van der Waals surface area contributed by atoms with Gasteiger partial charge in [0.05, 0.1) is 17.2 Å². The van der Waals surface area contributed by atoms with E-state index in [9.17, 15) is 4.79 Å². The molecule has 1 aliphatic heterocycles. The van der Waals surface area contributed by atoms with Gasteiger partial charge in [0.15, 0.2) is 0 Å². The van der Waals surface area contributed by atoms with Crippen LogP contribution in [0.3, 0.4) is 0 Å². The Labute approximate surface area is 179 Å². The minimum Gasteiger partial charge on any atom is -0.331 e. The van der Waals surface area contributed by atoms with Gasteiger partial charge >= 0.3 is 6.03 Å². The molecule has 0 unspecified atom stereocenters. The number of rotatable bonds is 5. The van der Waals surface area contributed by atoms with E-state index in [1.54, 1.807) is 6.07 Å². The van der Waals surface area contributed by atoms with Crippen LogP contribution >= 0.6 is 0 Å². The number of carbonyl (C=O) groups is 1. The van der Waals surface area contributed by atoms with Crippen molar-refractivity contribution in [1.29, 1.82) is 5.26 Å². The Balaban J connectivity index is 1.50. The summed E-state index contributed by atoms with van der Waals surface area (Å²) in [6.07, 6.45) is 3.98. The largest absolute Gasteiger partial charge is 0.331 e. The summed E-state index contributed by atoms with van der Waals surface area (Å²) in [6, 6.07) is 20.5. The van der Waals surface area contributed by atoms with Gasteiger partial charge in [-0.15, -0.1) is 0 Å². The standard InChI is InChI=1S/C25H30N4O/c1-3-28(2)25(22-10-5-4-6-11-22)14-12-24(13-15-25)19-29(23(30)27-24)18-21-9-7-8-20(16-21)17-26/h4-11,16H,3,12-15,18-19H2,1-2H3,(H,27,30)/t24-,25+. The fraction of sp³-hybridized carbons (Fsp3) is 0.440. The summed E-state index contributed by atoms with van der Waals surface area (Å²) < 4.78 is 0. The molecule has 1 saturated carbocycles. The highest BCUT2D eigenvalue weighted by atomic mass is 16.2. The molecule has 30 heavy (non-hydrogen) atoms. The maximum absolute atomic E-state index is 12.8. The molecule has 0 bridgehead atoms. The Bertz CT molecular complexity index is 941. The first-order valence-corrected chi connectivity index (χ1v) is 10.8. The molecule has 2 aromatic rings. The van der Waals surface area contributed by atoms with Gasteiger partial charge in [-0.05, 0) is 62.5 Å². The quantitative estimate of drug-likeness (QED) is 0.814. The molecule has 2 fully saturated rings. The number of nitrogens with one attached hydrogen (secondary N) is 1. The molecule has 1 spiro atoms. The summed E-state index contributed by atoms with van der Waals surface area (Å²) >= 11 is 0. The van der Waals surface area contributed by atoms with E-state index in [1.165, 1.54) is 5.56 Å². The zero-order valence-electron chi connectivity index (χ0n) is 17.9. The fourth-order valence-electron chi connectivity index (χ4n) is 5.24. The van der Waals surface area contributed by atoms with Crippen LogP contribution in [0, 0.1) is 11.3 Å². The summed E-state index contributed by atoms with van der Waals surface area (Å²) in [4.78, 5) is 17.1. The molecule has 5 heteroatoms. The number of hydrogen-bond donors (Lipinski definition) is 1. The Morgan fingerprint density at radius 1 is 1.10 bits per heavy atom. The monoisotopic (exact) mass is 402 g/mol. The van der Waals surface area contributed by atoms with Gasteiger partial charge in [0.1, 0.15) is 0 Å². The van der Waals surface area contributed by atoms with E-state index in [0.29, 0.717) is 12.1 Å². The summed E-state index contributed by atoms with van der Waals surface area (Å²) in [7, 11) is 2.21. The summed E-state index contributed by atoms with van der Waals surface area (Å²) in [5, 5.41) is 12.5. The molecule has 0 radical (unpaired) electrons. The third-order valence-electron chi connectivity index (χ3n) is 7.13. The van der Waals surface area contributed by atoms with Gasteiger partial charge in [0, 0.05) is 18.6 Å². The zero-order valence-corrected chi connectivity index (χ0v) is 17.9. The molecule has 156 valence electrons. The minimum absolute atomic E-state index is 0.00779. The number of benzene rings is 2. The van der Waals surface area contributed by atoms with Crippen molar-refractivity contribution in [1.82, 2.24) is 15.1 Å². The van der Waals surface area contributed by atoms with E-state index in [2.05, 4.69) is 60.6 Å². The number of carbonyl (C=O) groups excluding carboxylic acids is 1. The van der Waals surface area contributed by atoms with Crippen LogP contribution in [0.25, 0.3) is 0 Å². The first-order valence-electron chi connectivity index (χ1n) is 10.8. The van der Waals surface area contributed by atoms with Gasteiger partial charge in [0.2, 0.25) is 0 Å². The highest BCUT2D eigenvalue weighted by molar-refractivity contribution is 5.78. The lowest BCUT2D eigenvalue weighted by Crippen LogP contribution is -2.54. The predicted octanol–water partition coefficient (Wildman–Crippen LogP) is 4.24. The second kappa shape index (κ2) is 8.12. The average molecular weight is 403 g/mol. The normalized spacial score (nSPS) is 26.1. The SMILES string of the molecule is CCN(C)[C@]1(c2ccccc2)CC[C@]2(CC1)CN(Cc1cccc(C#N)c1)C(=O)N2. The number of nitriles is 1. The summed E-state index contributed by atoms with van der Waals surface area (Å²) in [5.74, 6) is 0. The molecule has 2 aromatic carbocycles. The molecule has 5 nitrogen and oxygen atoms in total. The highest BCUT2D eigenvalue weighted by Gasteiger charge is 2.50. The lowest BCUT2D eigenvalue weighted by molar-refractivity contribution is 0.0461. The average Bonchev–Trinajstić information content (AvgIpc) is 3.09. The third-order valence-corrected chi connectivity index (χ3v) is 7.13. The number of urea groups is 1. The van der Waals surface area contributed by atoms with Crippen molar-refractivity contribution < 1.29 is 4.79 Å². The van der Waals surface area contributed by atoms with E-state index < -0.39 is 0 Å². The molecule has 1 saturated heterocycles. The van der Waals surface area contributed by atoms with E-state index in [4.69, 9.17) is 5.26 Å². The Morgan fingerprint density at radius 2 is 1.83 bits per heavy atom. The molecule has 4 rings (SSSR count). The Hall–Kier alpha value is -2.84. The molecular formula is C25H30N4O. The van der Waals surface area contributed by atoms with E-state index in [0.717, 1.165) is 44.3 Å². The second-order valence-corrected chi connectivity index (χ2v) is 8.79. The van der Waals surface area contributed by atoms with Gasteiger partial charge in [-0.3, -0.25) is 4.90 Å². The van der Waals surface area contributed by atoms with Crippen LogP contribution in [0.4, 0.5) is 4.79 Å². The van der Waals surface area contributed by atoms with Gasteiger partial charge in [-0.25, -0.2) is 4.79 Å². The fourth-order valence-corrected chi connectivity index (χ4v) is 5.24. The van der Waals surface area contributed by atoms with E-state index in [-0.39, 0.29) is 17.1 Å². The lowest BCUT2D eigenvalue weighted by atomic mass is 9.68. The van der Waals surface area contributed by atoms with Crippen molar-refractivity contribution in [3.05, 3.63) is 71.3 Å². The molecule has 2 amide bonds. The Morgan fingerprint density at radius 3 is 2.50 bits per heavy atom. The zero-order chi connectivity index (χ0) is 21.2. The molecule has 0 atom stereocenters. The molecule has 0 aromatic heterocycles. The minimum atomic E-state index is -0.156. The van der Waals surface area contributed by atoms with Crippen LogP contribution in [-0.4, -0.2) is 41.5 Å². The van der Waals surface area contributed by atoms with Crippen molar-refractivity contribution >= 4 is 6.03 Å². The Kier molecular flexibility index (Phi) is 5.53. The van der Waals surface area contributed by atoms with E-state index >= 15 is 0 Å². The van der Waals surface area contributed by atoms with Crippen molar-refractivity contribution in [2.45, 2.75) is 50.2 Å². The molecule has 2 aliphatic rings. The first kappa shape index (κ1) is 20.4. The van der Waals surface area contributed by atoms with Crippen molar-refractivity contribution in [3.63, 3.8) is 0 Å². The lowest BCUT2D eigenvalue weighted by Gasteiger charge is -2.49. The number of hydrogen-bond acceptors (Lipinski definition) is 3. The van der Waals surface area contributed by atoms with Crippen molar-refractivity contribution in [2.24, 2.45) is 0 Å². The number of nitrogens with zero attached hydrogens (tertiary/aromatic N) is 3. The highest BCUT2D eigenvalue weighted by Crippen LogP contribution is 2.46. The van der Waals surface area contributed by atoms with Crippen molar-refractivity contribution in [2.75, 3.05) is 20.1 Å². The topological polar surface area (TPSA) is 59.4 Å². The van der Waals surface area contributed by atoms with Gasteiger partial charge in [-0.1, -0.05) is 49.4 Å². The van der Waals surface area contributed by atoms with Crippen LogP contribution < -0.4 is 5.32 Å². The molecule has 1 N–H and O–H groups in total. The predicted molar refractivity (Wildman–Crippen MR) is 118 cm³/mol. The van der Waals surface area contributed by atoms with Gasteiger partial charge in [0.25, 0.3) is 0 Å². The van der Waals surface area contributed by atoms with Crippen LogP contribution in [-0.2, 0) is 12.1 Å². The third kappa shape index (κ3) is 3.68. The second-order valence-electron chi connectivity index (χ2n) is 8.79. The first-order chi connectivity index (χ1) is 14.5. The van der Waals surface area contributed by atoms with Crippen LogP contribution in [0.15, 0.2) is 54.6 Å². The van der Waals surface area contributed by atoms with Crippen LogP contribution in [0.1, 0.15) is 49.3 Å². The summed E-state index contributed by atoms with van der Waals surface area (Å²) in [5.41, 5.74) is 2.88. The molecular weight excluding hydrogens is 372 g/mol. The molecule has 1 heterocycles. The molecule has 1 aliphatic carbocycles. The van der Waals surface area contributed by atoms with Crippen LogP contribution in [0.2, 0.25) is 0 Å². The van der Waals surface area contributed by atoms with Crippen LogP contribution in [0.5, 0.6) is 0 Å². The maximum Gasteiger partial charge on any atom is 0.318 e. The maximum atomic E-state index is 12.8. The number of amides is 2. The van der Waals surface area contributed by atoms with Crippen molar-refractivity contribution in [3.8, 4) is 6.07 Å². The van der Waals surface area contributed by atoms with E-state index in [1.807, 2.05) is 23.1 Å². The van der Waals surface area contributed by atoms with Gasteiger partial charge in [-0.2, -0.15) is 5.26 Å².